The Morgan fingerprint density at radius 2 is 1.58 bits per heavy atom. The molecule has 3 aromatic carbocycles. The zero-order valence-electron chi connectivity index (χ0n) is 18.2. The van der Waals surface area contributed by atoms with Gasteiger partial charge >= 0.3 is 5.97 Å². The van der Waals surface area contributed by atoms with E-state index in [1.165, 1.54) is 28.5 Å². The van der Waals surface area contributed by atoms with Crippen molar-refractivity contribution in [1.29, 1.82) is 0 Å². The molecule has 1 N–H and O–H groups in total. The van der Waals surface area contributed by atoms with Crippen LogP contribution in [0.3, 0.4) is 0 Å². The van der Waals surface area contributed by atoms with E-state index in [1.807, 2.05) is 49.4 Å². The molecule has 3 nitrogen and oxygen atoms in total. The van der Waals surface area contributed by atoms with Crippen molar-refractivity contribution in [3.63, 3.8) is 0 Å². The second-order valence-corrected chi connectivity index (χ2v) is 9.18. The Morgan fingerprint density at radius 1 is 0.968 bits per heavy atom. The Kier molecular flexibility index (Phi) is 7.59. The van der Waals surface area contributed by atoms with Gasteiger partial charge in [0.25, 0.3) is 0 Å². The number of aliphatic carboxylic acids is 1. The van der Waals surface area contributed by atoms with Crippen LogP contribution in [0.4, 0.5) is 0 Å². The van der Waals surface area contributed by atoms with Crippen molar-refractivity contribution >= 4 is 23.3 Å². The third-order valence-electron chi connectivity index (χ3n) is 5.38. The zero-order valence-corrected chi connectivity index (χ0v) is 19.0. The van der Waals surface area contributed by atoms with Gasteiger partial charge in [-0.15, -0.1) is 11.8 Å². The predicted octanol–water partition coefficient (Wildman–Crippen LogP) is 7.18. The molecule has 3 aromatic rings. The SMILES string of the molecule is CCC(C)(Sc1ccc(OC/C=C(\C)c2ccc(-c3ccccc3)cc2)cc1)C(=O)O. The summed E-state index contributed by atoms with van der Waals surface area (Å²) in [5.41, 5.74) is 4.74. The summed E-state index contributed by atoms with van der Waals surface area (Å²) in [5, 5.41) is 9.43. The molecule has 0 aliphatic heterocycles. The predicted molar refractivity (Wildman–Crippen MR) is 130 cm³/mol. The average molecular weight is 433 g/mol. The molecule has 31 heavy (non-hydrogen) atoms. The molecule has 0 aromatic heterocycles. The minimum Gasteiger partial charge on any atom is -0.490 e. The van der Waals surface area contributed by atoms with Gasteiger partial charge in [-0.2, -0.15) is 0 Å². The number of benzene rings is 3. The molecule has 3 rings (SSSR count). The molecule has 0 radical (unpaired) electrons. The molecule has 0 heterocycles. The van der Waals surface area contributed by atoms with Crippen LogP contribution in [0.15, 0.2) is 89.8 Å². The molecular formula is C27H28O3S. The van der Waals surface area contributed by atoms with Crippen molar-refractivity contribution in [3.8, 4) is 16.9 Å². The number of carboxylic acids is 1. The van der Waals surface area contributed by atoms with Gasteiger partial charge < -0.3 is 9.84 Å². The zero-order chi connectivity index (χ0) is 22.3. The fourth-order valence-electron chi connectivity index (χ4n) is 3.07. The highest BCUT2D eigenvalue weighted by Crippen LogP contribution is 2.36. The van der Waals surface area contributed by atoms with Crippen LogP contribution in [-0.4, -0.2) is 22.4 Å². The maximum Gasteiger partial charge on any atom is 0.319 e. The maximum absolute atomic E-state index is 11.5. The maximum atomic E-state index is 11.5. The van der Waals surface area contributed by atoms with E-state index in [0.29, 0.717) is 13.0 Å². The van der Waals surface area contributed by atoms with E-state index in [0.717, 1.165) is 16.2 Å². The highest BCUT2D eigenvalue weighted by Gasteiger charge is 2.32. The van der Waals surface area contributed by atoms with Gasteiger partial charge in [0.1, 0.15) is 17.1 Å². The summed E-state index contributed by atoms with van der Waals surface area (Å²) in [7, 11) is 0. The van der Waals surface area contributed by atoms with Crippen molar-refractivity contribution in [1.82, 2.24) is 0 Å². The Morgan fingerprint density at radius 3 is 2.16 bits per heavy atom. The first-order valence-corrected chi connectivity index (χ1v) is 11.2. The summed E-state index contributed by atoms with van der Waals surface area (Å²) >= 11 is 1.37. The summed E-state index contributed by atoms with van der Waals surface area (Å²) in [5.74, 6) is -0.0286. The number of hydrogen-bond donors (Lipinski definition) is 1. The van der Waals surface area contributed by atoms with E-state index in [1.54, 1.807) is 6.92 Å². The molecule has 160 valence electrons. The van der Waals surface area contributed by atoms with Crippen molar-refractivity contribution in [2.45, 2.75) is 36.8 Å². The Hall–Kier alpha value is -2.98. The van der Waals surface area contributed by atoms with E-state index in [4.69, 9.17) is 4.74 Å². The first-order valence-electron chi connectivity index (χ1n) is 10.4. The topological polar surface area (TPSA) is 46.5 Å². The highest BCUT2D eigenvalue weighted by atomic mass is 32.2. The molecule has 0 bridgehead atoms. The Balaban J connectivity index is 1.57. The largest absolute Gasteiger partial charge is 0.490 e. The number of allylic oxidation sites excluding steroid dienone is 1. The summed E-state index contributed by atoms with van der Waals surface area (Å²) < 4.78 is 5.03. The van der Waals surface area contributed by atoms with Gasteiger partial charge in [0.05, 0.1) is 0 Å². The number of thioether (sulfide) groups is 1. The number of rotatable bonds is 9. The van der Waals surface area contributed by atoms with Crippen LogP contribution >= 0.6 is 11.8 Å². The number of hydrogen-bond acceptors (Lipinski definition) is 3. The van der Waals surface area contributed by atoms with Crippen LogP contribution in [0.1, 0.15) is 32.8 Å². The smallest absolute Gasteiger partial charge is 0.319 e. The van der Waals surface area contributed by atoms with E-state index < -0.39 is 10.7 Å². The van der Waals surface area contributed by atoms with Crippen molar-refractivity contribution in [2.75, 3.05) is 6.61 Å². The molecule has 0 aliphatic rings. The van der Waals surface area contributed by atoms with Crippen molar-refractivity contribution in [3.05, 3.63) is 90.5 Å². The standard InChI is InChI=1S/C27H28O3S/c1-4-27(3,26(28)29)31-25-16-14-24(15-17-25)30-19-18-20(2)21-10-12-23(13-11-21)22-8-6-5-7-9-22/h5-18H,4,19H2,1-3H3,(H,28,29)/b20-18+. The number of ether oxygens (including phenoxy) is 1. The molecule has 0 aliphatic carbocycles. The minimum absolute atomic E-state index is 0.473. The van der Waals surface area contributed by atoms with Gasteiger partial charge in [0, 0.05) is 4.90 Å². The Bertz CT molecular complexity index is 1020. The molecule has 1 unspecified atom stereocenters. The summed E-state index contributed by atoms with van der Waals surface area (Å²) in [6, 6.07) is 26.5. The van der Waals surface area contributed by atoms with E-state index in [2.05, 4.69) is 49.4 Å². The van der Waals surface area contributed by atoms with Crippen molar-refractivity contribution in [2.24, 2.45) is 0 Å². The Labute approximate surface area is 188 Å². The summed E-state index contributed by atoms with van der Waals surface area (Å²) in [4.78, 5) is 12.4. The molecule has 0 saturated heterocycles. The number of carboxylic acid groups (broad SMARTS) is 1. The normalized spacial score (nSPS) is 13.5. The van der Waals surface area contributed by atoms with E-state index in [9.17, 15) is 9.90 Å². The van der Waals surface area contributed by atoms with E-state index >= 15 is 0 Å². The van der Waals surface area contributed by atoms with Gasteiger partial charge in [-0.25, -0.2) is 0 Å². The molecule has 0 fully saturated rings. The summed E-state index contributed by atoms with van der Waals surface area (Å²) in [6.07, 6.45) is 2.63. The molecule has 1 atom stereocenters. The third-order valence-corrected chi connectivity index (χ3v) is 6.80. The molecule has 0 amide bonds. The summed E-state index contributed by atoms with van der Waals surface area (Å²) in [6.45, 7) is 6.20. The lowest BCUT2D eigenvalue weighted by Gasteiger charge is -2.22. The van der Waals surface area contributed by atoms with E-state index in [-0.39, 0.29) is 0 Å². The first-order chi connectivity index (χ1) is 14.9. The van der Waals surface area contributed by atoms with Crippen LogP contribution in [0.5, 0.6) is 5.75 Å². The minimum atomic E-state index is -0.821. The molecule has 4 heteroatoms. The second-order valence-electron chi connectivity index (χ2n) is 7.60. The first kappa shape index (κ1) is 22.7. The molecule has 0 spiro atoms. The molecular weight excluding hydrogens is 404 g/mol. The van der Waals surface area contributed by atoms with Crippen LogP contribution in [-0.2, 0) is 4.79 Å². The quantitative estimate of drug-likeness (QED) is 0.364. The fourth-order valence-corrected chi connectivity index (χ4v) is 4.09. The van der Waals surface area contributed by atoms with Crippen LogP contribution < -0.4 is 4.74 Å². The number of carbonyl (C=O) groups is 1. The van der Waals surface area contributed by atoms with Gasteiger partial charge in [-0.05, 0) is 72.9 Å². The second kappa shape index (κ2) is 10.4. The molecule has 0 saturated carbocycles. The van der Waals surface area contributed by atoms with Gasteiger partial charge in [0.15, 0.2) is 0 Å². The van der Waals surface area contributed by atoms with Gasteiger partial charge in [-0.1, -0.05) is 61.5 Å². The van der Waals surface area contributed by atoms with Crippen LogP contribution in [0, 0.1) is 0 Å². The monoisotopic (exact) mass is 432 g/mol. The average Bonchev–Trinajstić information content (AvgIpc) is 2.80. The lowest BCUT2D eigenvalue weighted by atomic mass is 10.0. The lowest BCUT2D eigenvalue weighted by Crippen LogP contribution is -2.30. The van der Waals surface area contributed by atoms with Crippen LogP contribution in [0.2, 0.25) is 0 Å². The van der Waals surface area contributed by atoms with Crippen LogP contribution in [0.25, 0.3) is 16.7 Å². The lowest BCUT2D eigenvalue weighted by molar-refractivity contribution is -0.139. The van der Waals surface area contributed by atoms with Gasteiger partial charge in [-0.3, -0.25) is 4.79 Å². The third kappa shape index (κ3) is 6.02. The highest BCUT2D eigenvalue weighted by molar-refractivity contribution is 8.01. The van der Waals surface area contributed by atoms with Crippen molar-refractivity contribution < 1.29 is 14.6 Å². The fraction of sp³-hybridized carbons (Fsp3) is 0.222. The van der Waals surface area contributed by atoms with Gasteiger partial charge in [0.2, 0.25) is 0 Å².